The highest BCUT2D eigenvalue weighted by Gasteiger charge is 2.28. The van der Waals surface area contributed by atoms with E-state index >= 15 is 0 Å². The van der Waals surface area contributed by atoms with Crippen molar-refractivity contribution < 1.29 is 14.3 Å². The molecule has 0 spiro atoms. The van der Waals surface area contributed by atoms with Crippen LogP contribution in [0.15, 0.2) is 40.9 Å². The van der Waals surface area contributed by atoms with Gasteiger partial charge in [0, 0.05) is 25.0 Å². The van der Waals surface area contributed by atoms with Gasteiger partial charge in [0.05, 0.1) is 5.75 Å². The van der Waals surface area contributed by atoms with Crippen molar-refractivity contribution in [2.75, 3.05) is 18.9 Å². The molecule has 0 fully saturated rings. The highest BCUT2D eigenvalue weighted by molar-refractivity contribution is 7.99. The standard InChI is InChI=1S/C20H20N4O3S2/c1-23-19(16-11-26-14-4-2-3-5-15(14)27-16)21-22-20(23)29-12-18(25)24-8-6-17-13(10-24)7-9-28-17/h2-5,7,9,16H,6,8,10-12H2,1H3. The number of thioether (sulfide) groups is 1. The molecule has 1 amide bonds. The van der Waals surface area contributed by atoms with E-state index in [1.807, 2.05) is 40.8 Å². The quantitative estimate of drug-likeness (QED) is 0.595. The number of aromatic nitrogens is 3. The van der Waals surface area contributed by atoms with Crippen molar-refractivity contribution in [1.82, 2.24) is 19.7 Å². The predicted molar refractivity (Wildman–Crippen MR) is 110 cm³/mol. The third kappa shape index (κ3) is 3.60. The Morgan fingerprint density at radius 3 is 3.03 bits per heavy atom. The molecule has 0 N–H and O–H groups in total. The van der Waals surface area contributed by atoms with Crippen LogP contribution in [-0.2, 0) is 24.8 Å². The van der Waals surface area contributed by atoms with Gasteiger partial charge in [-0.15, -0.1) is 21.5 Å². The summed E-state index contributed by atoms with van der Waals surface area (Å²) >= 11 is 3.18. The first-order chi connectivity index (χ1) is 14.2. The van der Waals surface area contributed by atoms with Crippen molar-refractivity contribution in [3.63, 3.8) is 0 Å². The van der Waals surface area contributed by atoms with E-state index in [4.69, 9.17) is 9.47 Å². The predicted octanol–water partition coefficient (Wildman–Crippen LogP) is 3.07. The molecular formula is C20H20N4O3S2. The molecule has 9 heteroatoms. The maximum atomic E-state index is 12.7. The molecule has 0 radical (unpaired) electrons. The lowest BCUT2D eigenvalue weighted by molar-refractivity contribution is -0.129. The lowest BCUT2D eigenvalue weighted by atomic mass is 10.1. The fourth-order valence-electron chi connectivity index (χ4n) is 3.56. The van der Waals surface area contributed by atoms with Crippen LogP contribution in [-0.4, -0.2) is 44.5 Å². The number of hydrogen-bond acceptors (Lipinski definition) is 7. The second-order valence-electron chi connectivity index (χ2n) is 6.99. The molecule has 0 saturated carbocycles. The van der Waals surface area contributed by atoms with Gasteiger partial charge in [-0.1, -0.05) is 23.9 Å². The lowest BCUT2D eigenvalue weighted by Gasteiger charge is -2.27. The van der Waals surface area contributed by atoms with Gasteiger partial charge in [0.1, 0.15) is 6.61 Å². The number of carbonyl (C=O) groups excluding carboxylic acids is 1. The Bertz CT molecular complexity index is 1050. The fraction of sp³-hybridized carbons (Fsp3) is 0.350. The van der Waals surface area contributed by atoms with Crippen LogP contribution in [0.5, 0.6) is 11.5 Å². The first kappa shape index (κ1) is 18.5. The number of para-hydroxylation sites is 2. The Kier molecular flexibility index (Phi) is 4.92. The lowest BCUT2D eigenvalue weighted by Crippen LogP contribution is -2.36. The number of carbonyl (C=O) groups is 1. The van der Waals surface area contributed by atoms with Crippen molar-refractivity contribution in [2.24, 2.45) is 7.05 Å². The Morgan fingerprint density at radius 1 is 1.28 bits per heavy atom. The molecule has 3 aromatic rings. The minimum atomic E-state index is -0.327. The molecule has 5 rings (SSSR count). The zero-order valence-corrected chi connectivity index (χ0v) is 17.5. The molecule has 7 nitrogen and oxygen atoms in total. The van der Waals surface area contributed by atoms with Crippen LogP contribution in [0.4, 0.5) is 0 Å². The monoisotopic (exact) mass is 428 g/mol. The van der Waals surface area contributed by atoms with Crippen LogP contribution in [0.1, 0.15) is 22.4 Å². The Hall–Kier alpha value is -2.52. The van der Waals surface area contributed by atoms with E-state index in [0.29, 0.717) is 35.6 Å². The van der Waals surface area contributed by atoms with Gasteiger partial charge in [-0.3, -0.25) is 4.79 Å². The summed E-state index contributed by atoms with van der Waals surface area (Å²) in [6, 6.07) is 9.70. The Balaban J connectivity index is 1.22. The molecule has 2 aliphatic rings. The van der Waals surface area contributed by atoms with E-state index in [-0.39, 0.29) is 12.0 Å². The highest BCUT2D eigenvalue weighted by atomic mass is 32.2. The second kappa shape index (κ2) is 7.72. The summed E-state index contributed by atoms with van der Waals surface area (Å²) in [5.74, 6) is 2.60. The maximum Gasteiger partial charge on any atom is 0.233 e. The average Bonchev–Trinajstić information content (AvgIpc) is 3.37. The normalized spacial score (nSPS) is 17.8. The SMILES string of the molecule is Cn1c(SCC(=O)N2CCc3sccc3C2)nnc1C1COc2ccccc2O1. The molecule has 0 aliphatic carbocycles. The summed E-state index contributed by atoms with van der Waals surface area (Å²) in [6.07, 6.45) is 0.615. The molecule has 2 aliphatic heterocycles. The molecule has 0 bridgehead atoms. The van der Waals surface area contributed by atoms with E-state index in [1.54, 1.807) is 11.3 Å². The molecule has 150 valence electrons. The van der Waals surface area contributed by atoms with E-state index < -0.39 is 0 Å². The number of thiophene rings is 1. The molecule has 1 aromatic carbocycles. The molecule has 0 saturated heterocycles. The van der Waals surface area contributed by atoms with Crippen molar-refractivity contribution in [3.8, 4) is 11.5 Å². The van der Waals surface area contributed by atoms with Gasteiger partial charge >= 0.3 is 0 Å². The number of hydrogen-bond donors (Lipinski definition) is 0. The van der Waals surface area contributed by atoms with Crippen molar-refractivity contribution >= 4 is 29.0 Å². The molecule has 1 atom stereocenters. The number of nitrogens with zero attached hydrogens (tertiary/aromatic N) is 4. The number of amides is 1. The summed E-state index contributed by atoms with van der Waals surface area (Å²) in [6.45, 7) is 1.86. The van der Waals surface area contributed by atoms with Gasteiger partial charge in [0.2, 0.25) is 5.91 Å². The van der Waals surface area contributed by atoms with Crippen molar-refractivity contribution in [1.29, 1.82) is 0 Å². The summed E-state index contributed by atoms with van der Waals surface area (Å²) in [5.41, 5.74) is 1.27. The number of rotatable bonds is 4. The van der Waals surface area contributed by atoms with E-state index in [1.165, 1.54) is 22.2 Å². The average molecular weight is 429 g/mol. The Labute approximate surface area is 176 Å². The van der Waals surface area contributed by atoms with Crippen LogP contribution < -0.4 is 9.47 Å². The van der Waals surface area contributed by atoms with Gasteiger partial charge in [0.15, 0.2) is 28.6 Å². The summed E-state index contributed by atoms with van der Waals surface area (Å²) in [7, 11) is 1.89. The van der Waals surface area contributed by atoms with E-state index in [2.05, 4.69) is 21.6 Å². The topological polar surface area (TPSA) is 69.5 Å². The van der Waals surface area contributed by atoms with Crippen LogP contribution in [0.2, 0.25) is 0 Å². The largest absolute Gasteiger partial charge is 0.485 e. The van der Waals surface area contributed by atoms with Gasteiger partial charge in [-0.25, -0.2) is 0 Å². The summed E-state index contributed by atoms with van der Waals surface area (Å²) in [4.78, 5) is 16.0. The third-order valence-corrected chi connectivity index (χ3v) is 7.18. The van der Waals surface area contributed by atoms with Crippen LogP contribution in [0, 0.1) is 0 Å². The molecule has 2 aromatic heterocycles. The maximum absolute atomic E-state index is 12.7. The van der Waals surface area contributed by atoms with Crippen LogP contribution in [0.25, 0.3) is 0 Å². The molecular weight excluding hydrogens is 408 g/mol. The van der Waals surface area contributed by atoms with Crippen molar-refractivity contribution in [3.05, 3.63) is 52.0 Å². The van der Waals surface area contributed by atoms with Gasteiger partial charge in [-0.05, 0) is 35.6 Å². The van der Waals surface area contributed by atoms with Crippen LogP contribution >= 0.6 is 23.1 Å². The molecule has 4 heterocycles. The number of fused-ring (bicyclic) bond motifs is 2. The zero-order valence-electron chi connectivity index (χ0n) is 15.9. The first-order valence-corrected chi connectivity index (χ1v) is 11.3. The second-order valence-corrected chi connectivity index (χ2v) is 8.93. The third-order valence-electron chi connectivity index (χ3n) is 5.15. The molecule has 29 heavy (non-hydrogen) atoms. The van der Waals surface area contributed by atoms with Gasteiger partial charge in [-0.2, -0.15) is 0 Å². The minimum Gasteiger partial charge on any atom is -0.485 e. The highest BCUT2D eigenvalue weighted by Crippen LogP contribution is 2.35. The first-order valence-electron chi connectivity index (χ1n) is 9.42. The van der Waals surface area contributed by atoms with Gasteiger partial charge in [0.25, 0.3) is 0 Å². The van der Waals surface area contributed by atoms with Crippen molar-refractivity contribution in [2.45, 2.75) is 24.2 Å². The zero-order chi connectivity index (χ0) is 19.8. The van der Waals surface area contributed by atoms with Gasteiger partial charge < -0.3 is 18.9 Å². The van der Waals surface area contributed by atoms with E-state index in [0.717, 1.165) is 18.7 Å². The minimum absolute atomic E-state index is 0.127. The fourth-order valence-corrected chi connectivity index (χ4v) is 5.27. The summed E-state index contributed by atoms with van der Waals surface area (Å²) in [5, 5.41) is 11.4. The van der Waals surface area contributed by atoms with Crippen LogP contribution in [0.3, 0.4) is 0 Å². The number of ether oxygens (including phenoxy) is 2. The number of benzene rings is 1. The summed E-state index contributed by atoms with van der Waals surface area (Å²) < 4.78 is 13.7. The smallest absolute Gasteiger partial charge is 0.233 e. The van der Waals surface area contributed by atoms with E-state index in [9.17, 15) is 4.79 Å². The molecule has 1 unspecified atom stereocenters. The Morgan fingerprint density at radius 2 is 2.14 bits per heavy atom.